The maximum atomic E-state index is 6.11. The maximum absolute atomic E-state index is 6.11. The van der Waals surface area contributed by atoms with Crippen molar-refractivity contribution in [2.45, 2.75) is 20.0 Å². The minimum Gasteiger partial charge on any atom is -0.378 e. The predicted molar refractivity (Wildman–Crippen MR) is 91.9 cm³/mol. The van der Waals surface area contributed by atoms with Crippen molar-refractivity contribution in [3.05, 3.63) is 57.8 Å². The smallest absolute Gasteiger partial charge is 0.129 e. The molecule has 1 aromatic heterocycles. The third-order valence-corrected chi connectivity index (χ3v) is 4.65. The molecule has 1 N–H and O–H groups in total. The number of halogens is 2. The lowest BCUT2D eigenvalue weighted by atomic mass is 10.3. The molecule has 0 fully saturated rings. The lowest BCUT2D eigenvalue weighted by Crippen LogP contribution is -2.07. The molecular weight excluding hydrogens is 350 g/mol. The van der Waals surface area contributed by atoms with Crippen LogP contribution >= 0.6 is 27.5 Å². The number of aromatic nitrogens is 2. The van der Waals surface area contributed by atoms with Crippen LogP contribution in [0.4, 0.5) is 5.69 Å². The van der Waals surface area contributed by atoms with Crippen LogP contribution in [0.3, 0.4) is 0 Å². The van der Waals surface area contributed by atoms with Crippen LogP contribution in [-0.4, -0.2) is 9.55 Å². The standard InChI is InChI=1S/C16H15BrClN3/c1-2-21-15-6-4-3-5-14(15)20-16(21)10-19-11-7-8-12(17)13(18)9-11/h3-9,19H,2,10H2,1H3. The SMILES string of the molecule is CCn1c(CNc2ccc(Br)c(Cl)c2)nc2ccccc21. The zero-order valence-electron chi connectivity index (χ0n) is 11.6. The Balaban J connectivity index is 1.86. The summed E-state index contributed by atoms with van der Waals surface area (Å²) in [5.41, 5.74) is 3.19. The number of hydrogen-bond donors (Lipinski definition) is 1. The second kappa shape index (κ2) is 6.08. The average Bonchev–Trinajstić information content (AvgIpc) is 2.86. The molecule has 0 atom stereocenters. The van der Waals surface area contributed by atoms with E-state index in [0.717, 1.165) is 28.0 Å². The average molecular weight is 365 g/mol. The van der Waals surface area contributed by atoms with Crippen molar-refractivity contribution in [2.75, 3.05) is 5.32 Å². The first-order valence-electron chi connectivity index (χ1n) is 6.82. The first-order valence-corrected chi connectivity index (χ1v) is 7.99. The summed E-state index contributed by atoms with van der Waals surface area (Å²) in [6, 6.07) is 14.0. The fourth-order valence-electron chi connectivity index (χ4n) is 2.40. The van der Waals surface area contributed by atoms with Crippen LogP contribution < -0.4 is 5.32 Å². The summed E-state index contributed by atoms with van der Waals surface area (Å²) >= 11 is 9.51. The normalized spacial score (nSPS) is 11.0. The Kier molecular flexibility index (Phi) is 4.17. The van der Waals surface area contributed by atoms with Crippen molar-refractivity contribution in [3.8, 4) is 0 Å². The van der Waals surface area contributed by atoms with E-state index in [1.165, 1.54) is 5.52 Å². The number of fused-ring (bicyclic) bond motifs is 1. The molecule has 0 spiro atoms. The molecule has 108 valence electrons. The van der Waals surface area contributed by atoms with Gasteiger partial charge in [-0.25, -0.2) is 4.98 Å². The Bertz CT molecular complexity index is 782. The molecule has 0 unspecified atom stereocenters. The van der Waals surface area contributed by atoms with Gasteiger partial charge in [0.25, 0.3) is 0 Å². The van der Waals surface area contributed by atoms with Crippen LogP contribution in [0.1, 0.15) is 12.7 Å². The first kappa shape index (κ1) is 14.4. The lowest BCUT2D eigenvalue weighted by molar-refractivity contribution is 0.729. The Morgan fingerprint density at radius 3 is 2.81 bits per heavy atom. The van der Waals surface area contributed by atoms with E-state index in [1.807, 2.05) is 36.4 Å². The van der Waals surface area contributed by atoms with Gasteiger partial charge in [0.05, 0.1) is 22.6 Å². The zero-order chi connectivity index (χ0) is 14.8. The summed E-state index contributed by atoms with van der Waals surface area (Å²) in [6.45, 7) is 3.70. The van der Waals surface area contributed by atoms with Crippen molar-refractivity contribution in [2.24, 2.45) is 0 Å². The van der Waals surface area contributed by atoms with E-state index in [4.69, 9.17) is 16.6 Å². The van der Waals surface area contributed by atoms with Gasteiger partial charge in [0.1, 0.15) is 5.82 Å². The quantitative estimate of drug-likeness (QED) is 0.699. The van der Waals surface area contributed by atoms with Gasteiger partial charge in [0.2, 0.25) is 0 Å². The van der Waals surface area contributed by atoms with Gasteiger partial charge in [-0.3, -0.25) is 0 Å². The van der Waals surface area contributed by atoms with E-state index in [2.05, 4.69) is 38.8 Å². The molecule has 0 saturated heterocycles. The topological polar surface area (TPSA) is 29.9 Å². The van der Waals surface area contributed by atoms with E-state index >= 15 is 0 Å². The zero-order valence-corrected chi connectivity index (χ0v) is 13.9. The molecule has 3 nitrogen and oxygen atoms in total. The molecule has 21 heavy (non-hydrogen) atoms. The number of aryl methyl sites for hydroxylation is 1. The van der Waals surface area contributed by atoms with Crippen LogP contribution in [0.5, 0.6) is 0 Å². The van der Waals surface area contributed by atoms with E-state index in [0.29, 0.717) is 11.6 Å². The van der Waals surface area contributed by atoms with E-state index in [9.17, 15) is 0 Å². The van der Waals surface area contributed by atoms with Crippen molar-refractivity contribution < 1.29 is 0 Å². The van der Waals surface area contributed by atoms with Crippen LogP contribution in [0.15, 0.2) is 46.9 Å². The summed E-state index contributed by atoms with van der Waals surface area (Å²) in [4.78, 5) is 4.70. The summed E-state index contributed by atoms with van der Waals surface area (Å²) in [5, 5.41) is 4.07. The highest BCUT2D eigenvalue weighted by molar-refractivity contribution is 9.10. The molecule has 0 aliphatic rings. The molecule has 0 amide bonds. The van der Waals surface area contributed by atoms with E-state index < -0.39 is 0 Å². The number of rotatable bonds is 4. The van der Waals surface area contributed by atoms with Crippen LogP contribution in [0.25, 0.3) is 11.0 Å². The molecule has 0 aliphatic heterocycles. The summed E-state index contributed by atoms with van der Waals surface area (Å²) in [6.07, 6.45) is 0. The molecule has 3 rings (SSSR count). The molecule has 0 radical (unpaired) electrons. The monoisotopic (exact) mass is 363 g/mol. The molecule has 1 heterocycles. The fraction of sp³-hybridized carbons (Fsp3) is 0.188. The Morgan fingerprint density at radius 2 is 2.05 bits per heavy atom. The number of nitrogens with zero attached hydrogens (tertiary/aromatic N) is 2. The van der Waals surface area contributed by atoms with Crippen molar-refractivity contribution in [1.29, 1.82) is 0 Å². The lowest BCUT2D eigenvalue weighted by Gasteiger charge is -2.09. The minimum absolute atomic E-state index is 0.667. The van der Waals surface area contributed by atoms with Gasteiger partial charge < -0.3 is 9.88 Å². The van der Waals surface area contributed by atoms with Gasteiger partial charge in [-0.05, 0) is 53.2 Å². The van der Waals surface area contributed by atoms with E-state index in [1.54, 1.807) is 0 Å². The molecule has 3 aromatic rings. The Hall–Kier alpha value is -1.52. The number of para-hydroxylation sites is 2. The molecule has 2 aromatic carbocycles. The molecule has 0 aliphatic carbocycles. The van der Waals surface area contributed by atoms with Gasteiger partial charge >= 0.3 is 0 Å². The second-order valence-electron chi connectivity index (χ2n) is 4.74. The van der Waals surface area contributed by atoms with E-state index in [-0.39, 0.29) is 0 Å². The number of hydrogen-bond acceptors (Lipinski definition) is 2. The summed E-state index contributed by atoms with van der Waals surface area (Å²) < 4.78 is 3.12. The van der Waals surface area contributed by atoms with Crippen molar-refractivity contribution in [1.82, 2.24) is 9.55 Å². The summed E-state index contributed by atoms with van der Waals surface area (Å²) in [7, 11) is 0. The molecule has 0 bridgehead atoms. The second-order valence-corrected chi connectivity index (χ2v) is 6.00. The molecule has 0 saturated carbocycles. The maximum Gasteiger partial charge on any atom is 0.129 e. The van der Waals surface area contributed by atoms with Gasteiger partial charge in [-0.1, -0.05) is 23.7 Å². The van der Waals surface area contributed by atoms with Crippen molar-refractivity contribution >= 4 is 44.3 Å². The van der Waals surface area contributed by atoms with Gasteiger partial charge in [0.15, 0.2) is 0 Å². The van der Waals surface area contributed by atoms with Crippen molar-refractivity contribution in [3.63, 3.8) is 0 Å². The Labute approximate surface area is 137 Å². The summed E-state index contributed by atoms with van der Waals surface area (Å²) in [5.74, 6) is 1.03. The highest BCUT2D eigenvalue weighted by atomic mass is 79.9. The number of benzene rings is 2. The van der Waals surface area contributed by atoms with Gasteiger partial charge in [-0.15, -0.1) is 0 Å². The highest BCUT2D eigenvalue weighted by Gasteiger charge is 2.08. The number of imidazole rings is 1. The van der Waals surface area contributed by atoms with Crippen LogP contribution in [0.2, 0.25) is 5.02 Å². The van der Waals surface area contributed by atoms with Gasteiger partial charge in [-0.2, -0.15) is 0 Å². The molecule has 5 heteroatoms. The Morgan fingerprint density at radius 1 is 1.24 bits per heavy atom. The predicted octanol–water partition coefficient (Wildman–Crippen LogP) is 5.08. The number of nitrogens with one attached hydrogen (secondary N) is 1. The fourth-order valence-corrected chi connectivity index (χ4v) is 2.83. The first-order chi connectivity index (χ1) is 10.2. The number of anilines is 1. The van der Waals surface area contributed by atoms with Gasteiger partial charge in [0, 0.05) is 16.7 Å². The van der Waals surface area contributed by atoms with Crippen LogP contribution in [-0.2, 0) is 13.1 Å². The van der Waals surface area contributed by atoms with Crippen LogP contribution in [0, 0.1) is 0 Å². The third kappa shape index (κ3) is 2.92. The third-order valence-electron chi connectivity index (χ3n) is 3.42. The molecular formula is C16H15BrClN3. The minimum atomic E-state index is 0.667. The largest absolute Gasteiger partial charge is 0.378 e. The highest BCUT2D eigenvalue weighted by Crippen LogP contribution is 2.26.